The highest BCUT2D eigenvalue weighted by Crippen LogP contribution is 2.26. The van der Waals surface area contributed by atoms with Gasteiger partial charge in [-0.3, -0.25) is 4.90 Å². The molecule has 2 nitrogen and oxygen atoms in total. The Labute approximate surface area is 95.4 Å². The first kappa shape index (κ1) is 15.7. The molecular weight excluding hydrogens is 219 g/mol. The van der Waals surface area contributed by atoms with Crippen molar-refractivity contribution in [1.82, 2.24) is 4.90 Å². The van der Waals surface area contributed by atoms with Crippen molar-refractivity contribution in [2.45, 2.75) is 39.8 Å². The van der Waals surface area contributed by atoms with Crippen LogP contribution in [0.25, 0.3) is 0 Å². The molecule has 0 aliphatic rings. The molecule has 1 atom stereocenters. The number of nitrogens with zero attached hydrogens (tertiary/aromatic N) is 1. The fraction of sp³-hybridized carbons (Fsp3) is 1.00. The van der Waals surface area contributed by atoms with Crippen LogP contribution in [0.4, 0.5) is 13.2 Å². The Balaban J connectivity index is 4.38. The summed E-state index contributed by atoms with van der Waals surface area (Å²) in [6, 6.07) is 0. The maximum atomic E-state index is 12.3. The Morgan fingerprint density at radius 1 is 1.12 bits per heavy atom. The summed E-state index contributed by atoms with van der Waals surface area (Å²) in [5.41, 5.74) is -0.435. The predicted octanol–water partition coefficient (Wildman–Crippen LogP) is 2.67. The van der Waals surface area contributed by atoms with Gasteiger partial charge in [-0.05, 0) is 13.0 Å². The zero-order chi connectivity index (χ0) is 12.8. The summed E-state index contributed by atoms with van der Waals surface area (Å²) < 4.78 is 36.8. The SMILES string of the molecule is CCCC(C)(CO)CN(CC)CC(F)(F)F. The monoisotopic (exact) mass is 241 g/mol. The lowest BCUT2D eigenvalue weighted by Crippen LogP contribution is -2.42. The third-order valence-electron chi connectivity index (χ3n) is 2.69. The number of halogens is 3. The van der Waals surface area contributed by atoms with Crippen LogP contribution in [-0.2, 0) is 0 Å². The van der Waals surface area contributed by atoms with Gasteiger partial charge in [-0.1, -0.05) is 27.2 Å². The Morgan fingerprint density at radius 2 is 1.69 bits per heavy atom. The van der Waals surface area contributed by atoms with Crippen molar-refractivity contribution in [3.05, 3.63) is 0 Å². The van der Waals surface area contributed by atoms with Gasteiger partial charge in [-0.15, -0.1) is 0 Å². The summed E-state index contributed by atoms with van der Waals surface area (Å²) in [6.07, 6.45) is -2.57. The zero-order valence-electron chi connectivity index (χ0n) is 10.3. The maximum absolute atomic E-state index is 12.3. The molecule has 16 heavy (non-hydrogen) atoms. The molecule has 0 aliphatic carbocycles. The van der Waals surface area contributed by atoms with Crippen molar-refractivity contribution in [1.29, 1.82) is 0 Å². The van der Waals surface area contributed by atoms with Gasteiger partial charge in [0.1, 0.15) is 0 Å². The van der Waals surface area contributed by atoms with Gasteiger partial charge in [0.2, 0.25) is 0 Å². The summed E-state index contributed by atoms with van der Waals surface area (Å²) in [5.74, 6) is 0. The van der Waals surface area contributed by atoms with E-state index in [1.54, 1.807) is 6.92 Å². The average Bonchev–Trinajstić information content (AvgIpc) is 2.15. The van der Waals surface area contributed by atoms with Crippen molar-refractivity contribution in [3.8, 4) is 0 Å². The van der Waals surface area contributed by atoms with Crippen LogP contribution in [0.3, 0.4) is 0 Å². The van der Waals surface area contributed by atoms with Gasteiger partial charge in [0.05, 0.1) is 6.54 Å². The minimum absolute atomic E-state index is 0.0742. The molecule has 0 rings (SSSR count). The summed E-state index contributed by atoms with van der Waals surface area (Å²) in [4.78, 5) is 1.34. The maximum Gasteiger partial charge on any atom is 0.401 e. The first-order valence-corrected chi connectivity index (χ1v) is 5.66. The van der Waals surface area contributed by atoms with Gasteiger partial charge in [0.15, 0.2) is 0 Å². The minimum Gasteiger partial charge on any atom is -0.396 e. The zero-order valence-corrected chi connectivity index (χ0v) is 10.3. The van der Waals surface area contributed by atoms with Crippen LogP contribution in [0, 0.1) is 5.41 Å². The third kappa shape index (κ3) is 6.33. The van der Waals surface area contributed by atoms with Crippen molar-refractivity contribution >= 4 is 0 Å². The summed E-state index contributed by atoms with van der Waals surface area (Å²) >= 11 is 0. The summed E-state index contributed by atoms with van der Waals surface area (Å²) in [7, 11) is 0. The van der Waals surface area contributed by atoms with Gasteiger partial charge in [-0.25, -0.2) is 0 Å². The van der Waals surface area contributed by atoms with Crippen LogP contribution in [0.5, 0.6) is 0 Å². The molecule has 0 aromatic carbocycles. The van der Waals surface area contributed by atoms with Crippen molar-refractivity contribution < 1.29 is 18.3 Å². The first-order chi connectivity index (χ1) is 7.26. The average molecular weight is 241 g/mol. The van der Waals surface area contributed by atoms with Gasteiger partial charge in [-0.2, -0.15) is 13.2 Å². The topological polar surface area (TPSA) is 23.5 Å². The second kappa shape index (κ2) is 6.45. The molecule has 0 heterocycles. The molecule has 1 N–H and O–H groups in total. The quantitative estimate of drug-likeness (QED) is 0.740. The fourth-order valence-corrected chi connectivity index (χ4v) is 1.88. The van der Waals surface area contributed by atoms with Crippen LogP contribution >= 0.6 is 0 Å². The van der Waals surface area contributed by atoms with E-state index >= 15 is 0 Å². The van der Waals surface area contributed by atoms with E-state index in [-0.39, 0.29) is 13.2 Å². The standard InChI is InChI=1S/C11H22F3NO/c1-4-6-10(3,9-16)7-15(5-2)8-11(12,13)14/h16H,4-9H2,1-3H3. The molecule has 0 saturated carbocycles. The molecule has 0 aromatic rings. The molecule has 5 heteroatoms. The summed E-state index contributed by atoms with van der Waals surface area (Å²) in [5, 5.41) is 9.25. The molecule has 1 unspecified atom stereocenters. The highest BCUT2D eigenvalue weighted by Gasteiger charge is 2.33. The largest absolute Gasteiger partial charge is 0.401 e. The number of hydrogen-bond acceptors (Lipinski definition) is 2. The smallest absolute Gasteiger partial charge is 0.396 e. The summed E-state index contributed by atoms with van der Waals surface area (Å²) in [6.45, 7) is 5.16. The molecule has 0 amide bonds. The van der Waals surface area contributed by atoms with E-state index in [9.17, 15) is 18.3 Å². The molecular formula is C11H22F3NO. The molecule has 0 radical (unpaired) electrons. The van der Waals surface area contributed by atoms with Crippen LogP contribution in [0.1, 0.15) is 33.6 Å². The molecule has 0 bridgehead atoms. The Kier molecular flexibility index (Phi) is 6.33. The van der Waals surface area contributed by atoms with E-state index in [1.165, 1.54) is 4.90 Å². The lowest BCUT2D eigenvalue weighted by atomic mass is 9.86. The van der Waals surface area contributed by atoms with Crippen molar-refractivity contribution in [2.24, 2.45) is 5.41 Å². The van der Waals surface area contributed by atoms with E-state index < -0.39 is 18.1 Å². The predicted molar refractivity (Wildman–Crippen MR) is 58.3 cm³/mol. The molecule has 0 aromatic heterocycles. The lowest BCUT2D eigenvalue weighted by Gasteiger charge is -2.33. The second-order valence-corrected chi connectivity index (χ2v) is 4.64. The van der Waals surface area contributed by atoms with E-state index in [0.29, 0.717) is 6.54 Å². The third-order valence-corrected chi connectivity index (χ3v) is 2.69. The normalized spacial score (nSPS) is 16.5. The van der Waals surface area contributed by atoms with E-state index in [2.05, 4.69) is 0 Å². The van der Waals surface area contributed by atoms with E-state index in [4.69, 9.17) is 0 Å². The fourth-order valence-electron chi connectivity index (χ4n) is 1.88. The number of hydrogen-bond donors (Lipinski definition) is 1. The van der Waals surface area contributed by atoms with Crippen LogP contribution in [0.15, 0.2) is 0 Å². The molecule has 0 saturated heterocycles. The first-order valence-electron chi connectivity index (χ1n) is 5.66. The van der Waals surface area contributed by atoms with Gasteiger partial charge in [0.25, 0.3) is 0 Å². The highest BCUT2D eigenvalue weighted by molar-refractivity contribution is 4.78. The molecule has 0 spiro atoms. The molecule has 98 valence electrons. The van der Waals surface area contributed by atoms with Crippen molar-refractivity contribution in [3.63, 3.8) is 0 Å². The Morgan fingerprint density at radius 3 is 2.00 bits per heavy atom. The second-order valence-electron chi connectivity index (χ2n) is 4.64. The van der Waals surface area contributed by atoms with Crippen LogP contribution < -0.4 is 0 Å². The van der Waals surface area contributed by atoms with Crippen molar-refractivity contribution in [2.75, 3.05) is 26.2 Å². The Bertz CT molecular complexity index is 196. The molecule has 0 fully saturated rings. The van der Waals surface area contributed by atoms with Gasteiger partial charge >= 0.3 is 6.18 Å². The van der Waals surface area contributed by atoms with Gasteiger partial charge in [0, 0.05) is 18.6 Å². The van der Waals surface area contributed by atoms with E-state index in [0.717, 1.165) is 12.8 Å². The Hall–Kier alpha value is -0.290. The molecule has 0 aliphatic heterocycles. The lowest BCUT2D eigenvalue weighted by molar-refractivity contribution is -0.149. The number of rotatable bonds is 7. The van der Waals surface area contributed by atoms with Crippen LogP contribution in [-0.4, -0.2) is 42.4 Å². The number of aliphatic hydroxyl groups is 1. The minimum atomic E-state index is -4.17. The van der Waals surface area contributed by atoms with Gasteiger partial charge < -0.3 is 5.11 Å². The number of aliphatic hydroxyl groups excluding tert-OH is 1. The van der Waals surface area contributed by atoms with Crippen LogP contribution in [0.2, 0.25) is 0 Å². The number of alkyl halides is 3. The highest BCUT2D eigenvalue weighted by atomic mass is 19.4. The van der Waals surface area contributed by atoms with E-state index in [1.807, 2.05) is 13.8 Å².